The molecule has 0 saturated carbocycles. The zero-order valence-electron chi connectivity index (χ0n) is 12.5. The Morgan fingerprint density at radius 2 is 1.91 bits per heavy atom. The number of anilines is 1. The quantitative estimate of drug-likeness (QED) is 0.592. The van der Waals surface area contributed by atoms with Gasteiger partial charge in [-0.1, -0.05) is 15.9 Å². The Balaban J connectivity index is 2.17. The molecule has 2 rings (SSSR count). The summed E-state index contributed by atoms with van der Waals surface area (Å²) >= 11 is 3.40. The molecule has 0 atom stereocenters. The van der Waals surface area contributed by atoms with Crippen LogP contribution < -0.4 is 14.9 Å². The molecule has 0 spiro atoms. The highest BCUT2D eigenvalue weighted by Crippen LogP contribution is 2.33. The maximum Gasteiger partial charge on any atom is 0.335 e. The van der Waals surface area contributed by atoms with Crippen LogP contribution in [0.15, 0.2) is 46.0 Å². The third-order valence-corrected chi connectivity index (χ3v) is 3.46. The molecule has 0 aliphatic rings. The molecule has 0 unspecified atom stereocenters. The van der Waals surface area contributed by atoms with Crippen LogP contribution in [-0.4, -0.2) is 31.5 Å². The third kappa shape index (κ3) is 4.23. The number of methoxy groups -OCH3 is 2. The van der Waals surface area contributed by atoms with E-state index >= 15 is 0 Å². The summed E-state index contributed by atoms with van der Waals surface area (Å²) in [7, 11) is 3.12. The number of carboxylic acid groups (broad SMARTS) is 1. The summed E-state index contributed by atoms with van der Waals surface area (Å²) in [6.07, 6.45) is 1.59. The van der Waals surface area contributed by atoms with E-state index in [1.165, 1.54) is 12.1 Å². The van der Waals surface area contributed by atoms with E-state index in [1.54, 1.807) is 38.6 Å². The third-order valence-electron chi connectivity index (χ3n) is 3.00. The predicted octanol–water partition coefficient (Wildman–Crippen LogP) is 3.61. The molecule has 2 aromatic rings. The SMILES string of the molecule is COc1cc(Br)cc(C=NNc2ccc(C(=O)O)cc2)c1OC. The fraction of sp³-hybridized carbons (Fsp3) is 0.125. The topological polar surface area (TPSA) is 80.2 Å². The lowest BCUT2D eigenvalue weighted by molar-refractivity contribution is 0.0697. The van der Waals surface area contributed by atoms with Gasteiger partial charge in [0.2, 0.25) is 0 Å². The molecule has 0 saturated heterocycles. The van der Waals surface area contributed by atoms with Crippen LogP contribution in [0.25, 0.3) is 0 Å². The Labute approximate surface area is 141 Å². The molecular weight excluding hydrogens is 364 g/mol. The number of aromatic carboxylic acids is 1. The van der Waals surface area contributed by atoms with Crippen molar-refractivity contribution in [3.63, 3.8) is 0 Å². The molecule has 120 valence electrons. The first-order chi connectivity index (χ1) is 11.0. The smallest absolute Gasteiger partial charge is 0.335 e. The van der Waals surface area contributed by atoms with Crippen LogP contribution in [0, 0.1) is 0 Å². The highest BCUT2D eigenvalue weighted by atomic mass is 79.9. The lowest BCUT2D eigenvalue weighted by Crippen LogP contribution is -1.98. The van der Waals surface area contributed by atoms with E-state index in [0.717, 1.165) is 10.0 Å². The Bertz CT molecular complexity index is 730. The second-order valence-corrected chi connectivity index (χ2v) is 5.40. The van der Waals surface area contributed by atoms with E-state index < -0.39 is 5.97 Å². The van der Waals surface area contributed by atoms with Gasteiger partial charge in [-0.15, -0.1) is 0 Å². The summed E-state index contributed by atoms with van der Waals surface area (Å²) in [6.45, 7) is 0. The number of halogens is 1. The van der Waals surface area contributed by atoms with Gasteiger partial charge in [0.25, 0.3) is 0 Å². The lowest BCUT2D eigenvalue weighted by Gasteiger charge is -2.10. The molecule has 2 N–H and O–H groups in total. The zero-order valence-corrected chi connectivity index (χ0v) is 14.1. The van der Waals surface area contributed by atoms with Crippen LogP contribution in [0.5, 0.6) is 11.5 Å². The van der Waals surface area contributed by atoms with Crippen LogP contribution in [0.4, 0.5) is 5.69 Å². The monoisotopic (exact) mass is 378 g/mol. The standard InChI is InChI=1S/C16H15BrN2O4/c1-22-14-8-12(17)7-11(15(14)23-2)9-18-19-13-5-3-10(4-6-13)16(20)21/h3-9,19H,1-2H3,(H,20,21). The number of carbonyl (C=O) groups is 1. The molecule has 6 nitrogen and oxygen atoms in total. The number of nitrogens with zero attached hydrogens (tertiary/aromatic N) is 1. The number of carboxylic acids is 1. The number of hydrogen-bond acceptors (Lipinski definition) is 5. The average Bonchev–Trinajstić information content (AvgIpc) is 2.54. The molecule has 2 aromatic carbocycles. The molecular formula is C16H15BrN2O4. The van der Waals surface area contributed by atoms with Gasteiger partial charge in [0.1, 0.15) is 0 Å². The molecule has 0 heterocycles. The number of rotatable bonds is 6. The molecule has 0 radical (unpaired) electrons. The Hall–Kier alpha value is -2.54. The fourth-order valence-electron chi connectivity index (χ4n) is 1.92. The van der Waals surface area contributed by atoms with Gasteiger partial charge in [0, 0.05) is 10.0 Å². The normalized spacial score (nSPS) is 10.6. The summed E-state index contributed by atoms with van der Waals surface area (Å²) in [6, 6.07) is 9.93. The van der Waals surface area contributed by atoms with Crippen LogP contribution in [0.2, 0.25) is 0 Å². The van der Waals surface area contributed by atoms with Crippen molar-refractivity contribution in [3.05, 3.63) is 52.0 Å². The number of benzene rings is 2. The zero-order chi connectivity index (χ0) is 16.8. The Morgan fingerprint density at radius 3 is 2.48 bits per heavy atom. The van der Waals surface area contributed by atoms with Gasteiger partial charge < -0.3 is 14.6 Å². The van der Waals surface area contributed by atoms with E-state index in [0.29, 0.717) is 17.2 Å². The maximum atomic E-state index is 10.8. The predicted molar refractivity (Wildman–Crippen MR) is 91.9 cm³/mol. The van der Waals surface area contributed by atoms with Crippen molar-refractivity contribution in [2.75, 3.05) is 19.6 Å². The minimum absolute atomic E-state index is 0.220. The summed E-state index contributed by atoms with van der Waals surface area (Å²) in [5.41, 5.74) is 4.46. The summed E-state index contributed by atoms with van der Waals surface area (Å²) in [4.78, 5) is 10.8. The maximum absolute atomic E-state index is 10.8. The van der Waals surface area contributed by atoms with Crippen molar-refractivity contribution in [1.82, 2.24) is 0 Å². The molecule has 23 heavy (non-hydrogen) atoms. The van der Waals surface area contributed by atoms with Crippen LogP contribution in [0.3, 0.4) is 0 Å². The molecule has 0 bridgehead atoms. The average molecular weight is 379 g/mol. The number of hydrazone groups is 1. The Morgan fingerprint density at radius 1 is 1.22 bits per heavy atom. The summed E-state index contributed by atoms with van der Waals surface area (Å²) < 4.78 is 11.4. The van der Waals surface area contributed by atoms with E-state index in [2.05, 4.69) is 26.5 Å². The molecule has 0 aromatic heterocycles. The summed E-state index contributed by atoms with van der Waals surface area (Å²) in [5, 5.41) is 13.0. The first-order valence-electron chi connectivity index (χ1n) is 6.59. The number of hydrogen-bond donors (Lipinski definition) is 2. The van der Waals surface area contributed by atoms with Gasteiger partial charge in [-0.05, 0) is 36.4 Å². The Kier molecular flexibility index (Phi) is 5.59. The van der Waals surface area contributed by atoms with E-state index in [1.807, 2.05) is 6.07 Å². The highest BCUT2D eigenvalue weighted by Gasteiger charge is 2.10. The van der Waals surface area contributed by atoms with Gasteiger partial charge >= 0.3 is 5.97 Å². The van der Waals surface area contributed by atoms with Gasteiger partial charge in [-0.3, -0.25) is 5.43 Å². The van der Waals surface area contributed by atoms with Crippen LogP contribution >= 0.6 is 15.9 Å². The van der Waals surface area contributed by atoms with Gasteiger partial charge in [0.15, 0.2) is 11.5 Å². The lowest BCUT2D eigenvalue weighted by atomic mass is 10.2. The van der Waals surface area contributed by atoms with Crippen LogP contribution in [0.1, 0.15) is 15.9 Å². The number of nitrogens with one attached hydrogen (secondary N) is 1. The minimum atomic E-state index is -0.967. The van der Waals surface area contributed by atoms with Crippen molar-refractivity contribution in [2.45, 2.75) is 0 Å². The minimum Gasteiger partial charge on any atom is -0.493 e. The first kappa shape index (κ1) is 16.8. The van der Waals surface area contributed by atoms with Gasteiger partial charge in [-0.25, -0.2) is 4.79 Å². The second kappa shape index (κ2) is 7.64. The van der Waals surface area contributed by atoms with Crippen molar-refractivity contribution in [2.24, 2.45) is 5.10 Å². The van der Waals surface area contributed by atoms with Gasteiger partial charge in [-0.2, -0.15) is 5.10 Å². The van der Waals surface area contributed by atoms with Crippen molar-refractivity contribution in [3.8, 4) is 11.5 Å². The molecule has 0 amide bonds. The summed E-state index contributed by atoms with van der Waals surface area (Å²) in [5.74, 6) is 0.197. The van der Waals surface area contributed by atoms with Crippen molar-refractivity contribution >= 4 is 33.8 Å². The van der Waals surface area contributed by atoms with Gasteiger partial charge in [0.05, 0.1) is 31.7 Å². The van der Waals surface area contributed by atoms with Crippen LogP contribution in [-0.2, 0) is 0 Å². The molecule has 7 heteroatoms. The number of ether oxygens (including phenoxy) is 2. The highest BCUT2D eigenvalue weighted by molar-refractivity contribution is 9.10. The molecule has 0 fully saturated rings. The largest absolute Gasteiger partial charge is 0.493 e. The molecule has 0 aliphatic heterocycles. The van der Waals surface area contributed by atoms with E-state index in [-0.39, 0.29) is 5.56 Å². The van der Waals surface area contributed by atoms with Crippen molar-refractivity contribution in [1.29, 1.82) is 0 Å². The van der Waals surface area contributed by atoms with Crippen molar-refractivity contribution < 1.29 is 19.4 Å². The van der Waals surface area contributed by atoms with E-state index in [4.69, 9.17) is 14.6 Å². The fourth-order valence-corrected chi connectivity index (χ4v) is 2.37. The first-order valence-corrected chi connectivity index (χ1v) is 7.38. The van der Waals surface area contributed by atoms with E-state index in [9.17, 15) is 4.79 Å². The second-order valence-electron chi connectivity index (χ2n) is 4.48. The molecule has 0 aliphatic carbocycles.